The van der Waals surface area contributed by atoms with Crippen LogP contribution in [0.4, 0.5) is 18.9 Å². The molecule has 1 aromatic heterocycles. The largest absolute Gasteiger partial charge is 0.418 e. The Labute approximate surface area is 165 Å². The van der Waals surface area contributed by atoms with Gasteiger partial charge >= 0.3 is 11.9 Å². The van der Waals surface area contributed by atoms with Gasteiger partial charge in [-0.05, 0) is 40.8 Å². The molecule has 1 amide bonds. The first-order valence-electron chi connectivity index (χ1n) is 7.61. The number of tetrazole rings is 1. The molecule has 2 aromatic carbocycles. The van der Waals surface area contributed by atoms with E-state index in [1.54, 1.807) is 12.1 Å². The molecule has 0 aliphatic rings. The molecule has 0 saturated heterocycles. The summed E-state index contributed by atoms with van der Waals surface area (Å²) in [6, 6.07) is 9.24. The monoisotopic (exact) mass is 431 g/mol. The van der Waals surface area contributed by atoms with Crippen LogP contribution in [-0.2, 0) is 17.5 Å². The highest BCUT2D eigenvalue weighted by molar-refractivity contribution is 6.32. The van der Waals surface area contributed by atoms with E-state index in [1.165, 1.54) is 18.2 Å². The Morgan fingerprint density at radius 3 is 2.50 bits per heavy atom. The van der Waals surface area contributed by atoms with Gasteiger partial charge in [-0.2, -0.15) is 22.5 Å². The number of nitrogens with one attached hydrogen (secondary N) is 1. The molecule has 146 valence electrons. The molecule has 1 heterocycles. The van der Waals surface area contributed by atoms with Crippen molar-refractivity contribution < 1.29 is 18.0 Å². The van der Waals surface area contributed by atoms with Gasteiger partial charge in [0.15, 0.2) is 0 Å². The van der Waals surface area contributed by atoms with Crippen LogP contribution < -0.4 is 11.0 Å². The van der Waals surface area contributed by atoms with Crippen molar-refractivity contribution in [1.82, 2.24) is 19.8 Å². The molecule has 0 spiro atoms. The summed E-state index contributed by atoms with van der Waals surface area (Å²) in [5.41, 5.74) is -2.14. The smallest absolute Gasteiger partial charge is 0.324 e. The summed E-state index contributed by atoms with van der Waals surface area (Å²) in [6.45, 7) is -0.650. The summed E-state index contributed by atoms with van der Waals surface area (Å²) in [7, 11) is 0. The molecule has 0 fully saturated rings. The second-order valence-corrected chi connectivity index (χ2v) is 6.36. The van der Waals surface area contributed by atoms with E-state index < -0.39 is 35.6 Å². The minimum absolute atomic E-state index is 0.135. The van der Waals surface area contributed by atoms with Crippen LogP contribution in [0, 0.1) is 0 Å². The Hall–Kier alpha value is -2.85. The molecular formula is C16H10Cl2F3N5O2. The van der Waals surface area contributed by atoms with E-state index in [2.05, 4.69) is 15.7 Å². The van der Waals surface area contributed by atoms with Crippen LogP contribution in [0.5, 0.6) is 0 Å². The predicted molar refractivity (Wildman–Crippen MR) is 95.7 cm³/mol. The van der Waals surface area contributed by atoms with Crippen molar-refractivity contribution in [2.24, 2.45) is 0 Å². The van der Waals surface area contributed by atoms with Gasteiger partial charge in [0, 0.05) is 5.02 Å². The van der Waals surface area contributed by atoms with Crippen molar-refractivity contribution in [3.05, 3.63) is 68.6 Å². The highest BCUT2D eigenvalue weighted by Crippen LogP contribution is 2.36. The molecule has 12 heteroatoms. The van der Waals surface area contributed by atoms with Crippen molar-refractivity contribution in [1.29, 1.82) is 0 Å². The minimum atomic E-state index is -4.72. The SMILES string of the molecule is O=C(Cn1nnn(-c2ccccc2Cl)c1=O)Nc1ccc(Cl)cc1C(F)(F)F. The minimum Gasteiger partial charge on any atom is -0.324 e. The highest BCUT2D eigenvalue weighted by Gasteiger charge is 2.34. The van der Waals surface area contributed by atoms with Gasteiger partial charge in [0.2, 0.25) is 5.91 Å². The Morgan fingerprint density at radius 2 is 1.82 bits per heavy atom. The van der Waals surface area contributed by atoms with E-state index in [0.717, 1.165) is 10.7 Å². The molecular weight excluding hydrogens is 422 g/mol. The van der Waals surface area contributed by atoms with Gasteiger partial charge in [-0.3, -0.25) is 4.79 Å². The fraction of sp³-hybridized carbons (Fsp3) is 0.125. The second-order valence-electron chi connectivity index (χ2n) is 5.52. The van der Waals surface area contributed by atoms with Crippen LogP contribution in [-0.4, -0.2) is 25.7 Å². The predicted octanol–water partition coefficient (Wildman–Crippen LogP) is 3.39. The number of amides is 1. The molecule has 0 aliphatic carbocycles. The first kappa shape index (κ1) is 19.9. The maximum atomic E-state index is 13.1. The number of carbonyl (C=O) groups is 1. The van der Waals surface area contributed by atoms with E-state index >= 15 is 0 Å². The van der Waals surface area contributed by atoms with Gasteiger partial charge in [0.1, 0.15) is 6.54 Å². The molecule has 0 unspecified atom stereocenters. The van der Waals surface area contributed by atoms with E-state index in [0.29, 0.717) is 10.7 Å². The molecule has 3 rings (SSSR count). The summed E-state index contributed by atoms with van der Waals surface area (Å²) < 4.78 is 40.9. The average Bonchev–Trinajstić information content (AvgIpc) is 2.96. The first-order valence-corrected chi connectivity index (χ1v) is 8.37. The number of halogens is 5. The van der Waals surface area contributed by atoms with Crippen LogP contribution in [0.2, 0.25) is 10.0 Å². The van der Waals surface area contributed by atoms with Crippen molar-refractivity contribution in [3.8, 4) is 5.69 Å². The van der Waals surface area contributed by atoms with Crippen LogP contribution in [0.15, 0.2) is 47.3 Å². The van der Waals surface area contributed by atoms with Gasteiger partial charge in [-0.1, -0.05) is 35.3 Å². The van der Waals surface area contributed by atoms with E-state index in [9.17, 15) is 22.8 Å². The molecule has 0 saturated carbocycles. The van der Waals surface area contributed by atoms with Crippen LogP contribution in [0.1, 0.15) is 5.56 Å². The normalized spacial score (nSPS) is 11.5. The third-order valence-corrected chi connectivity index (χ3v) is 4.13. The van der Waals surface area contributed by atoms with Crippen LogP contribution >= 0.6 is 23.2 Å². The lowest BCUT2D eigenvalue weighted by molar-refractivity contribution is -0.137. The fourth-order valence-corrected chi connectivity index (χ4v) is 2.72. The van der Waals surface area contributed by atoms with Gasteiger partial charge in [0.25, 0.3) is 0 Å². The molecule has 0 bridgehead atoms. The molecule has 3 aromatic rings. The fourth-order valence-electron chi connectivity index (χ4n) is 2.33. The Balaban J connectivity index is 1.83. The first-order chi connectivity index (χ1) is 13.2. The Kier molecular flexibility index (Phi) is 5.43. The number of benzene rings is 2. The summed E-state index contributed by atoms with van der Waals surface area (Å²) >= 11 is 11.6. The lowest BCUT2D eigenvalue weighted by Crippen LogP contribution is -2.30. The zero-order valence-corrected chi connectivity index (χ0v) is 15.3. The number of rotatable bonds is 4. The molecule has 28 heavy (non-hydrogen) atoms. The number of aromatic nitrogens is 4. The Morgan fingerprint density at radius 1 is 1.11 bits per heavy atom. The second kappa shape index (κ2) is 7.64. The highest BCUT2D eigenvalue weighted by atomic mass is 35.5. The molecule has 0 aliphatic heterocycles. The number of nitrogens with zero attached hydrogens (tertiary/aromatic N) is 4. The number of hydrogen-bond acceptors (Lipinski definition) is 4. The maximum Gasteiger partial charge on any atom is 0.418 e. The van der Waals surface area contributed by atoms with Crippen molar-refractivity contribution >= 4 is 34.8 Å². The van der Waals surface area contributed by atoms with Gasteiger partial charge in [-0.25, -0.2) is 4.79 Å². The van der Waals surface area contributed by atoms with Gasteiger partial charge in [0.05, 0.1) is 22.0 Å². The van der Waals surface area contributed by atoms with Crippen molar-refractivity contribution in [3.63, 3.8) is 0 Å². The average molecular weight is 432 g/mol. The summed E-state index contributed by atoms with van der Waals surface area (Å²) in [5, 5.41) is 9.38. The summed E-state index contributed by atoms with van der Waals surface area (Å²) in [4.78, 5) is 24.5. The van der Waals surface area contributed by atoms with E-state index in [4.69, 9.17) is 23.2 Å². The zero-order chi connectivity index (χ0) is 20.5. The van der Waals surface area contributed by atoms with Gasteiger partial charge in [-0.15, -0.1) is 0 Å². The zero-order valence-electron chi connectivity index (χ0n) is 13.7. The number of anilines is 1. The Bertz CT molecular complexity index is 1090. The summed E-state index contributed by atoms with van der Waals surface area (Å²) in [5.74, 6) is -0.902. The number of hydrogen-bond donors (Lipinski definition) is 1. The van der Waals surface area contributed by atoms with Gasteiger partial charge < -0.3 is 5.32 Å². The third kappa shape index (κ3) is 4.18. The number of alkyl halides is 3. The topological polar surface area (TPSA) is 81.8 Å². The van der Waals surface area contributed by atoms with Crippen molar-refractivity contribution in [2.75, 3.05) is 5.32 Å². The molecule has 1 N–H and O–H groups in total. The van der Waals surface area contributed by atoms with E-state index in [-0.39, 0.29) is 15.7 Å². The third-order valence-electron chi connectivity index (χ3n) is 3.57. The standard InChI is InChI=1S/C16H10Cl2F3N5O2/c17-9-5-6-12(10(7-9)16(19,20)21)22-14(27)8-25-15(28)26(24-23-25)13-4-2-1-3-11(13)18/h1-7H,8H2,(H,22,27). The molecule has 7 nitrogen and oxygen atoms in total. The van der Waals surface area contributed by atoms with Crippen molar-refractivity contribution in [2.45, 2.75) is 12.7 Å². The maximum absolute atomic E-state index is 13.1. The lowest BCUT2D eigenvalue weighted by Gasteiger charge is -2.13. The molecule has 0 radical (unpaired) electrons. The lowest BCUT2D eigenvalue weighted by atomic mass is 10.1. The van der Waals surface area contributed by atoms with Crippen LogP contribution in [0.25, 0.3) is 5.69 Å². The quantitative estimate of drug-likeness (QED) is 0.686. The molecule has 0 atom stereocenters. The van der Waals surface area contributed by atoms with E-state index in [1.807, 2.05) is 0 Å². The number of carbonyl (C=O) groups excluding carboxylic acids is 1. The van der Waals surface area contributed by atoms with Crippen LogP contribution in [0.3, 0.4) is 0 Å². The summed E-state index contributed by atoms with van der Waals surface area (Å²) in [6.07, 6.45) is -4.72. The number of para-hydroxylation sites is 1.